The van der Waals surface area contributed by atoms with Crippen molar-refractivity contribution in [1.82, 2.24) is 4.57 Å². The summed E-state index contributed by atoms with van der Waals surface area (Å²) in [6.07, 6.45) is 2.10. The highest BCUT2D eigenvalue weighted by atomic mass is 32.2. The highest BCUT2D eigenvalue weighted by Gasteiger charge is 2.41. The van der Waals surface area contributed by atoms with Crippen molar-refractivity contribution in [3.8, 4) is 28.1 Å². The summed E-state index contributed by atoms with van der Waals surface area (Å²) >= 11 is 0. The van der Waals surface area contributed by atoms with E-state index in [1.54, 1.807) is 19.2 Å². The van der Waals surface area contributed by atoms with Gasteiger partial charge in [0.05, 0.1) is 22.4 Å². The number of ether oxygens (including phenoxy) is 2. The third-order valence-electron chi connectivity index (χ3n) is 6.79. The van der Waals surface area contributed by atoms with Gasteiger partial charge in [-0.15, -0.1) is 0 Å². The number of hydrogen-bond acceptors (Lipinski definition) is 6. The van der Waals surface area contributed by atoms with Gasteiger partial charge in [-0.25, -0.2) is 13.2 Å². The lowest BCUT2D eigenvalue weighted by atomic mass is 9.95. The van der Waals surface area contributed by atoms with Gasteiger partial charge in [-0.3, -0.25) is 4.79 Å². The number of nitrogens with zero attached hydrogens (tertiary/aromatic N) is 1. The monoisotopic (exact) mass is 509 g/mol. The number of aromatic nitrogens is 1. The minimum atomic E-state index is -3.88. The van der Waals surface area contributed by atoms with Gasteiger partial charge in [0.2, 0.25) is 0 Å². The summed E-state index contributed by atoms with van der Waals surface area (Å²) in [6.45, 7) is 2.38. The van der Waals surface area contributed by atoms with Crippen molar-refractivity contribution in [2.45, 2.75) is 42.4 Å². The first-order valence-corrected chi connectivity index (χ1v) is 13.4. The molecule has 0 saturated heterocycles. The number of hydrogen-bond donors (Lipinski definition) is 1. The van der Waals surface area contributed by atoms with Crippen molar-refractivity contribution >= 4 is 15.8 Å². The van der Waals surface area contributed by atoms with E-state index in [4.69, 9.17) is 9.47 Å². The Kier molecular flexibility index (Phi) is 6.22. The van der Waals surface area contributed by atoms with Gasteiger partial charge < -0.3 is 19.1 Å². The Morgan fingerprint density at radius 1 is 1.08 bits per heavy atom. The molecule has 9 heteroatoms. The third-order valence-corrected chi connectivity index (χ3v) is 8.92. The molecule has 1 saturated carbocycles. The molecule has 188 valence electrons. The largest absolute Gasteiger partial charge is 0.493 e. The molecule has 2 heterocycles. The van der Waals surface area contributed by atoms with Gasteiger partial charge in [0.15, 0.2) is 9.84 Å². The molecule has 1 fully saturated rings. The molecule has 2 aliphatic rings. The van der Waals surface area contributed by atoms with Crippen LogP contribution in [0, 0.1) is 0 Å². The Labute approximate surface area is 209 Å². The van der Waals surface area contributed by atoms with Crippen LogP contribution in [0.4, 0.5) is 0 Å². The van der Waals surface area contributed by atoms with E-state index >= 15 is 0 Å². The van der Waals surface area contributed by atoms with Crippen molar-refractivity contribution in [1.29, 1.82) is 0 Å². The van der Waals surface area contributed by atoms with E-state index in [9.17, 15) is 23.1 Å². The van der Waals surface area contributed by atoms with Gasteiger partial charge in [0.25, 0.3) is 5.56 Å². The van der Waals surface area contributed by atoms with E-state index in [0.717, 1.165) is 18.4 Å². The molecule has 0 spiro atoms. The van der Waals surface area contributed by atoms with E-state index in [2.05, 4.69) is 0 Å². The Balaban J connectivity index is 1.81. The summed E-state index contributed by atoms with van der Waals surface area (Å²) in [6, 6.07) is 13.9. The third kappa shape index (κ3) is 4.02. The van der Waals surface area contributed by atoms with Crippen LogP contribution < -0.4 is 10.3 Å². The van der Waals surface area contributed by atoms with Gasteiger partial charge >= 0.3 is 5.97 Å². The van der Waals surface area contributed by atoms with Crippen molar-refractivity contribution in [3.05, 3.63) is 70.0 Å². The van der Waals surface area contributed by atoms with E-state index in [0.29, 0.717) is 47.8 Å². The van der Waals surface area contributed by atoms with Crippen LogP contribution in [-0.4, -0.2) is 44.4 Å². The van der Waals surface area contributed by atoms with E-state index in [1.807, 2.05) is 30.3 Å². The molecule has 2 aromatic carbocycles. The molecule has 5 rings (SSSR count). The number of rotatable bonds is 8. The van der Waals surface area contributed by atoms with Crippen LogP contribution in [0.15, 0.2) is 58.2 Å². The summed E-state index contributed by atoms with van der Waals surface area (Å²) in [7, 11) is -2.28. The number of carboxylic acids is 1. The van der Waals surface area contributed by atoms with E-state index in [-0.39, 0.29) is 10.9 Å². The molecule has 0 bridgehead atoms. The van der Waals surface area contributed by atoms with Gasteiger partial charge in [-0.05, 0) is 43.0 Å². The highest BCUT2D eigenvalue weighted by Crippen LogP contribution is 2.50. The van der Waals surface area contributed by atoms with Crippen LogP contribution in [0.3, 0.4) is 0 Å². The topological polar surface area (TPSA) is 112 Å². The first-order valence-electron chi connectivity index (χ1n) is 11.9. The molecular formula is C27H27NO7S. The van der Waals surface area contributed by atoms with Crippen molar-refractivity contribution in [2.24, 2.45) is 0 Å². The van der Waals surface area contributed by atoms with Crippen LogP contribution in [-0.2, 0) is 14.6 Å². The Morgan fingerprint density at radius 3 is 2.44 bits per heavy atom. The minimum Gasteiger partial charge on any atom is -0.493 e. The number of carbonyl (C=O) groups is 1. The van der Waals surface area contributed by atoms with Gasteiger partial charge in [0.1, 0.15) is 11.3 Å². The molecule has 1 aliphatic heterocycles. The number of carboxylic acid groups (broad SMARTS) is 1. The van der Waals surface area contributed by atoms with Crippen molar-refractivity contribution < 1.29 is 27.8 Å². The van der Waals surface area contributed by atoms with Gasteiger partial charge in [-0.1, -0.05) is 30.3 Å². The van der Waals surface area contributed by atoms with Crippen LogP contribution in [0.1, 0.15) is 53.4 Å². The fraction of sp³-hybridized carbons (Fsp3) is 0.333. The quantitative estimate of drug-likeness (QED) is 0.446. The Morgan fingerprint density at radius 2 is 1.81 bits per heavy atom. The molecule has 1 aliphatic carbocycles. The number of fused-ring (bicyclic) bond motifs is 3. The maximum absolute atomic E-state index is 13.7. The molecule has 1 atom stereocenters. The number of aromatic carboxylic acids is 1. The van der Waals surface area contributed by atoms with E-state index < -0.39 is 32.2 Å². The molecule has 1 aromatic heterocycles. The van der Waals surface area contributed by atoms with Gasteiger partial charge in [0, 0.05) is 43.4 Å². The molecule has 1 unspecified atom stereocenters. The van der Waals surface area contributed by atoms with Crippen LogP contribution in [0.2, 0.25) is 0 Å². The summed E-state index contributed by atoms with van der Waals surface area (Å²) < 4.78 is 40.0. The number of pyridine rings is 1. The summed E-state index contributed by atoms with van der Waals surface area (Å²) in [4.78, 5) is 25.2. The van der Waals surface area contributed by atoms with Crippen molar-refractivity contribution in [2.75, 3.05) is 20.3 Å². The highest BCUT2D eigenvalue weighted by molar-refractivity contribution is 7.92. The second-order valence-electron chi connectivity index (χ2n) is 9.17. The molecular weight excluding hydrogens is 482 g/mol. The van der Waals surface area contributed by atoms with Crippen LogP contribution in [0.25, 0.3) is 22.4 Å². The van der Waals surface area contributed by atoms with E-state index in [1.165, 1.54) is 17.6 Å². The SMILES string of the molecule is COCCCOc1cc2c(cc1-c1ccccc1)-c1c(cc(C(=O)O)c(=O)n1C1CC1)C(C)S2(=O)=O. The fourth-order valence-electron chi connectivity index (χ4n) is 4.77. The zero-order valence-electron chi connectivity index (χ0n) is 20.1. The molecule has 3 aromatic rings. The molecule has 1 N–H and O–H groups in total. The lowest BCUT2D eigenvalue weighted by molar-refractivity contribution is 0.0694. The first kappa shape index (κ1) is 24.3. The summed E-state index contributed by atoms with van der Waals surface area (Å²) in [5.41, 5.74) is 1.72. The summed E-state index contributed by atoms with van der Waals surface area (Å²) in [5, 5.41) is 8.65. The molecule has 0 radical (unpaired) electrons. The zero-order valence-corrected chi connectivity index (χ0v) is 20.9. The Hall–Kier alpha value is -3.43. The molecule has 36 heavy (non-hydrogen) atoms. The lowest BCUT2D eigenvalue weighted by Gasteiger charge is -2.30. The van der Waals surface area contributed by atoms with Crippen LogP contribution in [0.5, 0.6) is 5.75 Å². The number of methoxy groups -OCH3 is 1. The smallest absolute Gasteiger partial charge is 0.341 e. The standard InChI is InChI=1S/C27H27NO7S/c1-16-19-13-22(27(30)31)26(29)28(18-9-10-18)25(19)21-14-20(17-7-4-3-5-8-17)23(35-12-6-11-34-2)15-24(21)36(16,32)33/h3-5,7-8,13-16,18H,6,9-12H2,1-2H3,(H,30,31). The Bertz CT molecular complexity index is 1510. The van der Waals surface area contributed by atoms with Crippen LogP contribution >= 0.6 is 0 Å². The average molecular weight is 510 g/mol. The zero-order chi connectivity index (χ0) is 25.6. The maximum atomic E-state index is 13.7. The first-order chi connectivity index (χ1) is 17.3. The maximum Gasteiger partial charge on any atom is 0.341 e. The normalized spacial score (nSPS) is 17.8. The number of sulfone groups is 1. The second-order valence-corrected chi connectivity index (χ2v) is 11.4. The molecule has 8 nitrogen and oxygen atoms in total. The minimum absolute atomic E-state index is 0.0841. The van der Waals surface area contributed by atoms with Crippen molar-refractivity contribution in [3.63, 3.8) is 0 Å². The summed E-state index contributed by atoms with van der Waals surface area (Å²) in [5.74, 6) is -0.935. The number of benzene rings is 2. The average Bonchev–Trinajstić information content (AvgIpc) is 3.70. The second kappa shape index (κ2) is 9.22. The molecule has 0 amide bonds. The van der Waals surface area contributed by atoms with Gasteiger partial charge in [-0.2, -0.15) is 0 Å². The lowest BCUT2D eigenvalue weighted by Crippen LogP contribution is -2.31. The fourth-order valence-corrected chi connectivity index (χ4v) is 6.40. The predicted octanol–water partition coefficient (Wildman–Crippen LogP) is 4.48. The predicted molar refractivity (Wildman–Crippen MR) is 134 cm³/mol.